The third-order valence-electron chi connectivity index (χ3n) is 3.46. The zero-order chi connectivity index (χ0) is 15.4. The van der Waals surface area contributed by atoms with Crippen molar-refractivity contribution in [1.29, 1.82) is 0 Å². The highest BCUT2D eigenvalue weighted by Gasteiger charge is 2.22. The summed E-state index contributed by atoms with van der Waals surface area (Å²) in [5.74, 6) is 1.37. The maximum Gasteiger partial charge on any atom is 0.258 e. The first-order valence-electron chi connectivity index (χ1n) is 7.12. The van der Waals surface area contributed by atoms with Gasteiger partial charge in [0.05, 0.1) is 12.6 Å². The number of benzene rings is 2. The summed E-state index contributed by atoms with van der Waals surface area (Å²) in [5, 5.41) is 3.00. The first-order valence-corrected chi connectivity index (χ1v) is 7.91. The summed E-state index contributed by atoms with van der Waals surface area (Å²) in [4.78, 5) is 12.1. The van der Waals surface area contributed by atoms with Crippen LogP contribution in [0, 0.1) is 0 Å². The van der Waals surface area contributed by atoms with Crippen LogP contribution in [0.25, 0.3) is 0 Å². The van der Waals surface area contributed by atoms with Crippen LogP contribution in [0.2, 0.25) is 0 Å². The van der Waals surface area contributed by atoms with Crippen molar-refractivity contribution in [2.75, 3.05) is 13.2 Å². The molecule has 0 saturated carbocycles. The molecule has 4 nitrogen and oxygen atoms in total. The molecule has 0 unspecified atom stereocenters. The Morgan fingerprint density at radius 3 is 3.00 bits per heavy atom. The van der Waals surface area contributed by atoms with Crippen molar-refractivity contribution in [1.82, 2.24) is 5.32 Å². The van der Waals surface area contributed by atoms with Crippen molar-refractivity contribution in [3.05, 3.63) is 58.6 Å². The average molecular weight is 362 g/mol. The van der Waals surface area contributed by atoms with E-state index in [1.165, 1.54) is 0 Å². The van der Waals surface area contributed by atoms with E-state index in [9.17, 15) is 4.79 Å². The molecular formula is C17H16BrNO3. The van der Waals surface area contributed by atoms with Gasteiger partial charge in [-0.2, -0.15) is 0 Å². The van der Waals surface area contributed by atoms with E-state index in [2.05, 4.69) is 21.2 Å². The summed E-state index contributed by atoms with van der Waals surface area (Å²) in [6.45, 7) is 0.602. The van der Waals surface area contributed by atoms with Crippen LogP contribution in [0.5, 0.6) is 11.5 Å². The molecule has 0 radical (unpaired) electrons. The van der Waals surface area contributed by atoms with E-state index in [0.29, 0.717) is 12.4 Å². The molecule has 0 aliphatic carbocycles. The quantitative estimate of drug-likeness (QED) is 0.906. The number of hydrogen-bond acceptors (Lipinski definition) is 3. The Morgan fingerprint density at radius 1 is 1.27 bits per heavy atom. The number of nitrogens with one attached hydrogen (secondary N) is 1. The minimum atomic E-state index is -0.137. The number of halogens is 1. The van der Waals surface area contributed by atoms with Crippen LogP contribution in [0.4, 0.5) is 0 Å². The topological polar surface area (TPSA) is 47.6 Å². The number of carbonyl (C=O) groups is 1. The van der Waals surface area contributed by atoms with Gasteiger partial charge in [0.1, 0.15) is 11.5 Å². The van der Waals surface area contributed by atoms with Gasteiger partial charge in [0, 0.05) is 16.5 Å². The minimum Gasteiger partial charge on any atom is -0.493 e. The fourth-order valence-corrected chi connectivity index (χ4v) is 2.81. The minimum absolute atomic E-state index is 0.00399. The highest BCUT2D eigenvalue weighted by atomic mass is 79.9. The first-order chi connectivity index (χ1) is 10.7. The maximum absolute atomic E-state index is 12.1. The van der Waals surface area contributed by atoms with Crippen molar-refractivity contribution in [2.45, 2.75) is 12.5 Å². The fraction of sp³-hybridized carbons (Fsp3) is 0.235. The Hall–Kier alpha value is -2.01. The van der Waals surface area contributed by atoms with Gasteiger partial charge in [-0.05, 0) is 24.3 Å². The van der Waals surface area contributed by atoms with Gasteiger partial charge in [0.25, 0.3) is 5.91 Å². The third-order valence-corrected chi connectivity index (χ3v) is 3.95. The predicted molar refractivity (Wildman–Crippen MR) is 87.1 cm³/mol. The van der Waals surface area contributed by atoms with Crippen LogP contribution in [0.1, 0.15) is 18.0 Å². The molecule has 1 aliphatic rings. The number of ether oxygens (including phenoxy) is 2. The van der Waals surface area contributed by atoms with Gasteiger partial charge in [-0.1, -0.05) is 40.2 Å². The van der Waals surface area contributed by atoms with Crippen molar-refractivity contribution < 1.29 is 14.3 Å². The number of carbonyl (C=O) groups excluding carboxylic acids is 1. The number of hydrogen-bond donors (Lipinski definition) is 1. The van der Waals surface area contributed by atoms with E-state index < -0.39 is 0 Å². The summed E-state index contributed by atoms with van der Waals surface area (Å²) in [5.41, 5.74) is 1.02. The van der Waals surface area contributed by atoms with Crippen LogP contribution < -0.4 is 14.8 Å². The van der Waals surface area contributed by atoms with Gasteiger partial charge in [-0.25, -0.2) is 0 Å². The maximum atomic E-state index is 12.1. The van der Waals surface area contributed by atoms with Gasteiger partial charge in [-0.3, -0.25) is 4.79 Å². The van der Waals surface area contributed by atoms with E-state index in [1.54, 1.807) is 0 Å². The molecule has 114 valence electrons. The second-order valence-corrected chi connectivity index (χ2v) is 5.96. The zero-order valence-corrected chi connectivity index (χ0v) is 13.5. The van der Waals surface area contributed by atoms with Gasteiger partial charge in [-0.15, -0.1) is 0 Å². The van der Waals surface area contributed by atoms with E-state index in [-0.39, 0.29) is 18.6 Å². The Balaban J connectivity index is 1.59. The summed E-state index contributed by atoms with van der Waals surface area (Å²) in [7, 11) is 0. The molecule has 0 aromatic heterocycles. The lowest BCUT2D eigenvalue weighted by Gasteiger charge is -2.26. The second kappa shape index (κ2) is 6.83. The van der Waals surface area contributed by atoms with Crippen LogP contribution >= 0.6 is 15.9 Å². The first kappa shape index (κ1) is 14.9. The monoisotopic (exact) mass is 361 g/mol. The highest BCUT2D eigenvalue weighted by Crippen LogP contribution is 2.31. The standard InChI is InChI=1S/C17H16BrNO3/c18-12-4-3-5-13(10-12)22-11-17(20)19-15-8-9-21-16-7-2-1-6-14(15)16/h1-7,10,15H,8-9,11H2,(H,19,20)/t15-/m0/s1. The molecule has 1 N–H and O–H groups in total. The van der Waals surface area contributed by atoms with Crippen LogP contribution in [-0.2, 0) is 4.79 Å². The molecule has 1 amide bonds. The molecule has 1 aliphatic heterocycles. The SMILES string of the molecule is O=C(COc1cccc(Br)c1)N[C@H]1CCOc2ccccc21. The predicted octanol–water partition coefficient (Wildman–Crippen LogP) is 3.47. The van der Waals surface area contributed by atoms with Crippen molar-refractivity contribution >= 4 is 21.8 Å². The molecular weight excluding hydrogens is 346 g/mol. The van der Waals surface area contributed by atoms with Gasteiger partial charge in [0.2, 0.25) is 0 Å². The molecule has 3 rings (SSSR count). The number of fused-ring (bicyclic) bond motifs is 1. The Kier molecular flexibility index (Phi) is 4.63. The largest absolute Gasteiger partial charge is 0.493 e. The van der Waals surface area contributed by atoms with Crippen LogP contribution in [0.15, 0.2) is 53.0 Å². The molecule has 5 heteroatoms. The molecule has 1 heterocycles. The Bertz CT molecular complexity index is 674. The molecule has 0 spiro atoms. The lowest BCUT2D eigenvalue weighted by atomic mass is 10.0. The van der Waals surface area contributed by atoms with Crippen molar-refractivity contribution in [3.8, 4) is 11.5 Å². The zero-order valence-electron chi connectivity index (χ0n) is 11.9. The average Bonchev–Trinajstić information content (AvgIpc) is 2.53. The third kappa shape index (κ3) is 3.60. The molecule has 2 aromatic rings. The molecule has 0 bridgehead atoms. The molecule has 22 heavy (non-hydrogen) atoms. The highest BCUT2D eigenvalue weighted by molar-refractivity contribution is 9.10. The van der Waals surface area contributed by atoms with E-state index in [4.69, 9.17) is 9.47 Å². The summed E-state index contributed by atoms with van der Waals surface area (Å²) >= 11 is 3.37. The smallest absolute Gasteiger partial charge is 0.258 e. The Labute approximate surface area is 137 Å². The summed E-state index contributed by atoms with van der Waals surface area (Å²) < 4.78 is 12.0. The second-order valence-electron chi connectivity index (χ2n) is 5.04. The van der Waals surface area contributed by atoms with Crippen LogP contribution in [0.3, 0.4) is 0 Å². The van der Waals surface area contributed by atoms with E-state index in [1.807, 2.05) is 48.5 Å². The van der Waals surface area contributed by atoms with Crippen molar-refractivity contribution in [2.24, 2.45) is 0 Å². The lowest BCUT2D eigenvalue weighted by molar-refractivity contribution is -0.124. The van der Waals surface area contributed by atoms with E-state index in [0.717, 1.165) is 22.2 Å². The van der Waals surface area contributed by atoms with Crippen molar-refractivity contribution in [3.63, 3.8) is 0 Å². The Morgan fingerprint density at radius 2 is 2.14 bits per heavy atom. The van der Waals surface area contributed by atoms with Gasteiger partial charge < -0.3 is 14.8 Å². The summed E-state index contributed by atoms with van der Waals surface area (Å²) in [6, 6.07) is 15.2. The molecule has 1 atom stereocenters. The fourth-order valence-electron chi connectivity index (χ4n) is 2.43. The van der Waals surface area contributed by atoms with E-state index >= 15 is 0 Å². The summed E-state index contributed by atoms with van der Waals surface area (Å²) in [6.07, 6.45) is 0.764. The number of rotatable bonds is 4. The molecule has 0 saturated heterocycles. The molecule has 2 aromatic carbocycles. The van der Waals surface area contributed by atoms with Gasteiger partial charge >= 0.3 is 0 Å². The van der Waals surface area contributed by atoms with Gasteiger partial charge in [0.15, 0.2) is 6.61 Å². The lowest BCUT2D eigenvalue weighted by Crippen LogP contribution is -2.35. The molecule has 0 fully saturated rings. The normalized spacial score (nSPS) is 16.3. The number of amides is 1. The number of para-hydroxylation sites is 1. The van der Waals surface area contributed by atoms with Crippen LogP contribution in [-0.4, -0.2) is 19.1 Å².